The zero-order chi connectivity index (χ0) is 30.8. The Morgan fingerprint density at radius 1 is 1.12 bits per heavy atom. The van der Waals surface area contributed by atoms with Gasteiger partial charge >= 0.3 is 6.09 Å². The second kappa shape index (κ2) is 12.3. The Balaban J connectivity index is 1.62. The average Bonchev–Trinajstić information content (AvgIpc) is 2.98. The summed E-state index contributed by atoms with van der Waals surface area (Å²) in [6.45, 7) is 1.75. The molecule has 1 aliphatic heterocycles. The van der Waals surface area contributed by atoms with Crippen molar-refractivity contribution in [3.8, 4) is 22.4 Å². The second-order valence-corrected chi connectivity index (χ2v) is 10.6. The summed E-state index contributed by atoms with van der Waals surface area (Å²) in [5, 5.41) is 18.5. The third-order valence-electron chi connectivity index (χ3n) is 7.46. The minimum absolute atomic E-state index is 0.0316. The first-order valence-corrected chi connectivity index (χ1v) is 13.8. The van der Waals surface area contributed by atoms with Crippen molar-refractivity contribution in [2.75, 3.05) is 17.7 Å². The van der Waals surface area contributed by atoms with Crippen LogP contribution in [-0.2, 0) is 9.53 Å². The maximum atomic E-state index is 15.4. The van der Waals surface area contributed by atoms with Gasteiger partial charge in [-0.3, -0.25) is 15.1 Å². The van der Waals surface area contributed by atoms with Crippen molar-refractivity contribution in [2.24, 2.45) is 5.92 Å². The summed E-state index contributed by atoms with van der Waals surface area (Å²) in [4.78, 5) is 29.1. The van der Waals surface area contributed by atoms with E-state index in [0.717, 1.165) is 24.5 Å². The van der Waals surface area contributed by atoms with E-state index in [1.54, 1.807) is 25.1 Å². The average molecular weight is 611 g/mol. The van der Waals surface area contributed by atoms with Crippen LogP contribution < -0.4 is 15.4 Å². The summed E-state index contributed by atoms with van der Waals surface area (Å²) in [7, 11) is 1.22. The van der Waals surface area contributed by atoms with E-state index in [1.165, 1.54) is 25.3 Å². The SMILES string of the molecule is COC(=O)Nc1ccc2c(c1)NC(=O)[C@@H](C)CCC[C@H](c1ccc(-c3c(F)ccc(Cl)c3F)c[n+]1[O-])c1cc-2ncc1F. The molecule has 222 valence electrons. The number of aromatic nitrogens is 2. The maximum absolute atomic E-state index is 15.4. The number of hydrogen-bond acceptors (Lipinski definition) is 5. The zero-order valence-electron chi connectivity index (χ0n) is 23.1. The largest absolute Gasteiger partial charge is 0.618 e. The fourth-order valence-corrected chi connectivity index (χ4v) is 5.32. The van der Waals surface area contributed by atoms with Crippen molar-refractivity contribution in [3.63, 3.8) is 0 Å². The molecule has 0 unspecified atom stereocenters. The minimum Gasteiger partial charge on any atom is -0.618 e. The highest BCUT2D eigenvalue weighted by atomic mass is 35.5. The molecule has 0 aliphatic carbocycles. The number of fused-ring (bicyclic) bond motifs is 4. The molecule has 2 amide bonds. The van der Waals surface area contributed by atoms with E-state index in [4.69, 9.17) is 11.6 Å². The monoisotopic (exact) mass is 610 g/mol. The summed E-state index contributed by atoms with van der Waals surface area (Å²) in [5.74, 6) is -4.03. The van der Waals surface area contributed by atoms with E-state index in [1.807, 2.05) is 0 Å². The highest BCUT2D eigenvalue weighted by Gasteiger charge is 2.29. The van der Waals surface area contributed by atoms with Gasteiger partial charge in [0.1, 0.15) is 11.6 Å². The normalized spacial score (nSPS) is 16.7. The summed E-state index contributed by atoms with van der Waals surface area (Å²) in [6, 6.07) is 11.1. The first-order chi connectivity index (χ1) is 20.6. The lowest BCUT2D eigenvalue weighted by molar-refractivity contribution is -0.614. The molecule has 43 heavy (non-hydrogen) atoms. The van der Waals surface area contributed by atoms with Crippen LogP contribution in [0.2, 0.25) is 5.02 Å². The van der Waals surface area contributed by atoms with E-state index < -0.39 is 40.9 Å². The Labute approximate surface area is 250 Å². The highest BCUT2D eigenvalue weighted by Crippen LogP contribution is 2.37. The Bertz CT molecular complexity index is 1740. The maximum Gasteiger partial charge on any atom is 0.411 e. The fourth-order valence-electron chi connectivity index (χ4n) is 5.17. The van der Waals surface area contributed by atoms with Gasteiger partial charge in [0.25, 0.3) is 0 Å². The molecule has 2 atom stereocenters. The van der Waals surface area contributed by atoms with Crippen molar-refractivity contribution in [2.45, 2.75) is 32.1 Å². The fraction of sp³-hybridized carbons (Fsp3) is 0.226. The number of carbonyl (C=O) groups excluding carboxylic acids is 2. The van der Waals surface area contributed by atoms with Crippen LogP contribution in [-0.4, -0.2) is 24.1 Å². The third-order valence-corrected chi connectivity index (χ3v) is 7.75. The Morgan fingerprint density at radius 2 is 1.91 bits per heavy atom. The molecule has 5 rings (SSSR count). The van der Waals surface area contributed by atoms with Gasteiger partial charge in [0, 0.05) is 28.8 Å². The number of carbonyl (C=O) groups is 2. The van der Waals surface area contributed by atoms with Gasteiger partial charge in [-0.15, -0.1) is 0 Å². The van der Waals surface area contributed by atoms with E-state index >= 15 is 4.39 Å². The van der Waals surface area contributed by atoms with Crippen LogP contribution in [0.3, 0.4) is 0 Å². The zero-order valence-corrected chi connectivity index (χ0v) is 23.8. The van der Waals surface area contributed by atoms with Crippen LogP contribution in [0.4, 0.5) is 29.3 Å². The van der Waals surface area contributed by atoms with Gasteiger partial charge in [-0.2, -0.15) is 4.73 Å². The van der Waals surface area contributed by atoms with Crippen molar-refractivity contribution in [1.82, 2.24) is 4.98 Å². The Hall–Kier alpha value is -4.64. The molecule has 4 aromatic rings. The smallest absolute Gasteiger partial charge is 0.411 e. The first kappa shape index (κ1) is 29.8. The number of methoxy groups -OCH3 is 1. The van der Waals surface area contributed by atoms with Gasteiger partial charge in [0.05, 0.1) is 46.8 Å². The molecular formula is C31H26ClF3N4O4. The lowest BCUT2D eigenvalue weighted by Crippen LogP contribution is -2.34. The number of anilines is 2. The van der Waals surface area contributed by atoms with Crippen molar-refractivity contribution in [1.29, 1.82) is 0 Å². The number of nitrogens with one attached hydrogen (secondary N) is 2. The van der Waals surface area contributed by atoms with E-state index in [9.17, 15) is 23.6 Å². The molecule has 0 saturated carbocycles. The van der Waals surface area contributed by atoms with Crippen molar-refractivity contribution >= 4 is 35.0 Å². The molecule has 0 spiro atoms. The standard InChI is InChI=1S/C31H26ClF3N4O4/c1-16-4-3-5-19(27-11-6-17(15-39(27)42)28-23(33)10-9-22(32)29(28)35)21-13-25(36-14-24(21)34)20-8-7-18(37-31(41)43-2)12-26(20)38-30(16)40/h6-16,19H,3-5H2,1-2H3,(H,37,41)(H,38,40)/t16-,19-/m0/s1. The van der Waals surface area contributed by atoms with Crippen LogP contribution in [0, 0.1) is 28.6 Å². The van der Waals surface area contributed by atoms with E-state index in [2.05, 4.69) is 20.4 Å². The number of amides is 2. The summed E-state index contributed by atoms with van der Waals surface area (Å²) in [6.07, 6.45) is 2.55. The molecule has 12 heteroatoms. The van der Waals surface area contributed by atoms with Gasteiger partial charge in [-0.25, -0.2) is 18.0 Å². The van der Waals surface area contributed by atoms with Crippen LogP contribution >= 0.6 is 11.6 Å². The second-order valence-electron chi connectivity index (χ2n) is 10.2. The molecule has 1 aliphatic rings. The number of benzene rings is 2. The molecule has 0 saturated heterocycles. The van der Waals surface area contributed by atoms with E-state index in [0.29, 0.717) is 46.6 Å². The van der Waals surface area contributed by atoms with Gasteiger partial charge in [-0.05, 0) is 55.3 Å². The third kappa shape index (κ3) is 6.12. The molecule has 2 N–H and O–H groups in total. The first-order valence-electron chi connectivity index (χ1n) is 13.4. The lowest BCUT2D eigenvalue weighted by Gasteiger charge is -2.22. The molecule has 3 heterocycles. The summed E-state index contributed by atoms with van der Waals surface area (Å²) >= 11 is 5.84. The molecule has 2 bridgehead atoms. The summed E-state index contributed by atoms with van der Waals surface area (Å²) < 4.78 is 49.8. The molecule has 0 fully saturated rings. The van der Waals surface area contributed by atoms with Crippen LogP contribution in [0.25, 0.3) is 22.4 Å². The van der Waals surface area contributed by atoms with Crippen molar-refractivity contribution in [3.05, 3.63) is 99.9 Å². The lowest BCUT2D eigenvalue weighted by atomic mass is 9.87. The number of rotatable bonds is 3. The number of halogens is 4. The number of ether oxygens (including phenoxy) is 1. The van der Waals surface area contributed by atoms with Gasteiger partial charge in [-0.1, -0.05) is 24.9 Å². The van der Waals surface area contributed by atoms with Crippen LogP contribution in [0.5, 0.6) is 0 Å². The number of pyridine rings is 2. The Morgan fingerprint density at radius 3 is 2.65 bits per heavy atom. The van der Waals surface area contributed by atoms with Gasteiger partial charge < -0.3 is 15.3 Å². The predicted octanol–water partition coefficient (Wildman–Crippen LogP) is 7.19. The van der Waals surface area contributed by atoms with Gasteiger partial charge in [0.2, 0.25) is 5.91 Å². The molecule has 8 nitrogen and oxygen atoms in total. The van der Waals surface area contributed by atoms with Crippen LogP contribution in [0.1, 0.15) is 43.4 Å². The summed E-state index contributed by atoms with van der Waals surface area (Å²) in [5.41, 5.74) is 1.31. The number of nitrogens with zero attached hydrogens (tertiary/aromatic N) is 2. The molecule has 2 aromatic heterocycles. The molecule has 2 aromatic carbocycles. The van der Waals surface area contributed by atoms with Crippen LogP contribution in [0.15, 0.2) is 60.9 Å². The number of hydrogen-bond donors (Lipinski definition) is 2. The molecule has 0 radical (unpaired) electrons. The van der Waals surface area contributed by atoms with Gasteiger partial charge in [0.15, 0.2) is 17.7 Å². The topological polar surface area (TPSA) is 107 Å². The quantitative estimate of drug-likeness (QED) is 0.145. The highest BCUT2D eigenvalue weighted by molar-refractivity contribution is 6.31. The Kier molecular flexibility index (Phi) is 8.54. The van der Waals surface area contributed by atoms with Crippen molar-refractivity contribution < 1.29 is 32.2 Å². The molecular weight excluding hydrogens is 585 g/mol. The minimum atomic E-state index is -0.999. The predicted molar refractivity (Wildman–Crippen MR) is 155 cm³/mol. The van der Waals surface area contributed by atoms with E-state index in [-0.39, 0.29) is 27.8 Å².